The second-order valence-electron chi connectivity index (χ2n) is 10.9. The predicted octanol–water partition coefficient (Wildman–Crippen LogP) is 0.602. The largest absolute Gasteiger partial charge is 0.476 e. The third kappa shape index (κ3) is 6.56. The van der Waals surface area contributed by atoms with Gasteiger partial charge in [-0.25, -0.2) is 14.2 Å². The third-order valence-electron chi connectivity index (χ3n) is 7.98. The highest BCUT2D eigenvalue weighted by Crippen LogP contribution is 2.30. The van der Waals surface area contributed by atoms with Crippen molar-refractivity contribution in [2.45, 2.75) is 19.1 Å². The maximum atomic E-state index is 14.8. The number of ether oxygens (including phenoxy) is 1. The van der Waals surface area contributed by atoms with E-state index in [0.717, 1.165) is 0 Å². The third-order valence-corrected chi connectivity index (χ3v) is 7.98. The van der Waals surface area contributed by atoms with E-state index in [-0.39, 0.29) is 35.1 Å². The molecule has 2 atom stereocenters. The van der Waals surface area contributed by atoms with Crippen molar-refractivity contribution in [3.63, 3.8) is 0 Å². The van der Waals surface area contributed by atoms with E-state index in [1.54, 1.807) is 41.0 Å². The highest BCUT2D eigenvalue weighted by atomic mass is 19.2. The fraction of sp³-hybridized carbons (Fsp3) is 0.367. The van der Waals surface area contributed by atoms with Gasteiger partial charge in [-0.15, -0.1) is 0 Å². The van der Waals surface area contributed by atoms with Crippen LogP contribution in [0, 0.1) is 29.9 Å². The number of benzene rings is 2. The number of nitrogens with zero attached hydrogens (tertiary/aromatic N) is 5. The zero-order chi connectivity index (χ0) is 32.2. The number of amides is 4. The Labute approximate surface area is 257 Å². The number of nitrogens with one attached hydrogen (secondary N) is 2. The number of aliphatic hydroxyl groups is 1. The summed E-state index contributed by atoms with van der Waals surface area (Å²) >= 11 is 0. The van der Waals surface area contributed by atoms with E-state index < -0.39 is 36.0 Å². The zero-order valence-corrected chi connectivity index (χ0v) is 24.7. The monoisotopic (exact) mass is 623 g/mol. The Morgan fingerprint density at radius 1 is 1.11 bits per heavy atom. The normalized spacial score (nSPS) is 18.0. The molecule has 3 heterocycles. The highest BCUT2D eigenvalue weighted by Gasteiger charge is 2.33. The minimum Gasteiger partial charge on any atom is -0.476 e. The number of aryl methyl sites for hydroxylation is 1. The molecule has 13 nitrogen and oxygen atoms in total. The molecule has 45 heavy (non-hydrogen) atoms. The molecule has 0 saturated carbocycles. The van der Waals surface area contributed by atoms with Crippen LogP contribution in [0.25, 0.3) is 11.3 Å². The minimum atomic E-state index is -1.26. The van der Waals surface area contributed by atoms with Crippen molar-refractivity contribution in [2.75, 3.05) is 51.2 Å². The number of rotatable bonds is 7. The number of piperazine rings is 1. The number of aliphatic hydroxyl groups excluding tert-OH is 1. The number of hydrogen-bond donors (Lipinski definition) is 4. The number of nitrogens with two attached hydrogens (primary N) is 1. The lowest BCUT2D eigenvalue weighted by atomic mass is 10.1. The number of imidazole rings is 1. The van der Waals surface area contributed by atoms with Crippen molar-refractivity contribution in [1.29, 1.82) is 5.26 Å². The Morgan fingerprint density at radius 3 is 2.51 bits per heavy atom. The summed E-state index contributed by atoms with van der Waals surface area (Å²) in [5, 5.41) is 26.1. The average Bonchev–Trinajstić information content (AvgIpc) is 3.62. The van der Waals surface area contributed by atoms with Crippen molar-refractivity contribution >= 4 is 23.5 Å². The SMILES string of the molecule is Cc1cc(NC(=O)c2ncc(-c3ccc(OCC#N)c(F)c3F)n2C)ccc1C(=O)N1CCN(C(=O)N[C@@H]2C[NH2+]C[C@H]2O)CC1. The number of anilines is 1. The molecule has 4 amide bonds. The van der Waals surface area contributed by atoms with Gasteiger partial charge in [0.1, 0.15) is 24.8 Å². The Bertz CT molecular complexity index is 1660. The maximum absolute atomic E-state index is 14.8. The number of quaternary nitrogens is 1. The standard InChI is InChI=1S/C30H32F2N8O5/c1-17-13-18(3-4-19(17)29(43)39-8-10-40(11-9-39)30(44)37-21-14-34-16-23(21)41)36-28(42)27-35-15-22(38(27)2)20-5-6-24(45-12-7-33)26(32)25(20)31/h3-6,13,15,21,23,34,41H,8-12,14,16H2,1-2H3,(H,36,42)(H,37,44)/p+1/t21-,23-/m1/s1. The zero-order valence-electron chi connectivity index (χ0n) is 24.7. The summed E-state index contributed by atoms with van der Waals surface area (Å²) in [6, 6.07) is 8.46. The Balaban J connectivity index is 1.20. The van der Waals surface area contributed by atoms with Gasteiger partial charge in [0.2, 0.25) is 5.82 Å². The van der Waals surface area contributed by atoms with Crippen molar-refractivity contribution in [1.82, 2.24) is 24.7 Å². The molecule has 15 heteroatoms. The van der Waals surface area contributed by atoms with E-state index in [1.807, 2.05) is 5.32 Å². The van der Waals surface area contributed by atoms with Crippen molar-refractivity contribution in [3.05, 3.63) is 65.1 Å². The van der Waals surface area contributed by atoms with Gasteiger partial charge in [0, 0.05) is 50.0 Å². The summed E-state index contributed by atoms with van der Waals surface area (Å²) in [4.78, 5) is 46.3. The second-order valence-corrected chi connectivity index (χ2v) is 10.9. The van der Waals surface area contributed by atoms with Gasteiger partial charge in [-0.2, -0.15) is 9.65 Å². The van der Waals surface area contributed by atoms with Gasteiger partial charge in [0.05, 0.1) is 18.4 Å². The van der Waals surface area contributed by atoms with Crippen LogP contribution in [-0.2, 0) is 7.05 Å². The molecule has 0 bridgehead atoms. The quantitative estimate of drug-likeness (QED) is 0.299. The van der Waals surface area contributed by atoms with Crippen LogP contribution < -0.4 is 20.7 Å². The number of carbonyl (C=O) groups excluding carboxylic acids is 3. The average molecular weight is 624 g/mol. The minimum absolute atomic E-state index is 0.0603. The van der Waals surface area contributed by atoms with Gasteiger partial charge in [-0.1, -0.05) is 0 Å². The molecule has 2 aliphatic rings. The molecule has 5 rings (SSSR count). The molecule has 5 N–H and O–H groups in total. The van der Waals surface area contributed by atoms with Crippen LogP contribution in [0.1, 0.15) is 26.5 Å². The fourth-order valence-corrected chi connectivity index (χ4v) is 5.45. The topological polar surface area (TPSA) is 169 Å². The van der Waals surface area contributed by atoms with Crippen LogP contribution in [-0.4, -0.2) is 100 Å². The van der Waals surface area contributed by atoms with E-state index in [9.17, 15) is 28.3 Å². The van der Waals surface area contributed by atoms with E-state index in [4.69, 9.17) is 10.00 Å². The summed E-state index contributed by atoms with van der Waals surface area (Å²) in [5.41, 5.74) is 1.49. The molecule has 0 aliphatic carbocycles. The molecular weight excluding hydrogens is 590 g/mol. The van der Waals surface area contributed by atoms with E-state index in [1.165, 1.54) is 29.9 Å². The lowest BCUT2D eigenvalue weighted by Crippen LogP contribution is -2.82. The highest BCUT2D eigenvalue weighted by molar-refractivity contribution is 6.03. The Kier molecular flexibility index (Phi) is 9.26. The van der Waals surface area contributed by atoms with Crippen LogP contribution in [0.4, 0.5) is 19.3 Å². The molecular formula is C30H33F2N8O5+. The number of hydrogen-bond acceptors (Lipinski definition) is 7. The number of halogens is 2. The smallest absolute Gasteiger partial charge is 0.318 e. The maximum Gasteiger partial charge on any atom is 0.318 e. The van der Waals surface area contributed by atoms with E-state index in [0.29, 0.717) is 56.1 Å². The fourth-order valence-electron chi connectivity index (χ4n) is 5.45. The first-order valence-electron chi connectivity index (χ1n) is 14.3. The number of aromatic nitrogens is 2. The molecule has 236 valence electrons. The molecule has 0 unspecified atom stereocenters. The summed E-state index contributed by atoms with van der Waals surface area (Å²) < 4.78 is 35.5. The van der Waals surface area contributed by atoms with Crippen LogP contribution in [0.3, 0.4) is 0 Å². The van der Waals surface area contributed by atoms with Gasteiger partial charge in [-0.3, -0.25) is 9.59 Å². The van der Waals surface area contributed by atoms with Crippen molar-refractivity contribution in [2.24, 2.45) is 7.05 Å². The van der Waals surface area contributed by atoms with Gasteiger partial charge < -0.3 is 40.2 Å². The summed E-state index contributed by atoms with van der Waals surface area (Å²) in [5.74, 6) is -3.72. The lowest BCUT2D eigenvalue weighted by molar-refractivity contribution is -0.639. The second kappa shape index (κ2) is 13.3. The molecule has 2 aromatic carbocycles. The Morgan fingerprint density at radius 2 is 1.84 bits per heavy atom. The molecule has 2 aliphatic heterocycles. The van der Waals surface area contributed by atoms with Gasteiger partial charge in [0.15, 0.2) is 24.0 Å². The van der Waals surface area contributed by atoms with Gasteiger partial charge >= 0.3 is 6.03 Å². The molecule has 2 saturated heterocycles. The summed E-state index contributed by atoms with van der Waals surface area (Å²) in [7, 11) is 1.49. The van der Waals surface area contributed by atoms with Crippen LogP contribution in [0.2, 0.25) is 0 Å². The van der Waals surface area contributed by atoms with Crippen LogP contribution in [0.5, 0.6) is 5.75 Å². The first-order chi connectivity index (χ1) is 21.6. The van der Waals surface area contributed by atoms with Gasteiger partial charge in [0.25, 0.3) is 11.8 Å². The van der Waals surface area contributed by atoms with Gasteiger partial charge in [-0.05, 0) is 42.8 Å². The van der Waals surface area contributed by atoms with Crippen LogP contribution in [0.15, 0.2) is 36.5 Å². The molecule has 3 aromatic rings. The van der Waals surface area contributed by atoms with Crippen molar-refractivity contribution in [3.8, 4) is 23.1 Å². The number of urea groups is 1. The summed E-state index contributed by atoms with van der Waals surface area (Å²) in [6.07, 6.45) is 0.667. The number of carbonyl (C=O) groups is 3. The van der Waals surface area contributed by atoms with Crippen molar-refractivity contribution < 1.29 is 38.3 Å². The molecule has 0 radical (unpaired) electrons. The number of nitriles is 1. The first kappa shape index (κ1) is 31.4. The van der Waals surface area contributed by atoms with E-state index in [2.05, 4.69) is 15.6 Å². The lowest BCUT2D eigenvalue weighted by Gasteiger charge is -2.35. The van der Waals surface area contributed by atoms with E-state index >= 15 is 0 Å². The van der Waals surface area contributed by atoms with Crippen LogP contribution >= 0.6 is 0 Å². The predicted molar refractivity (Wildman–Crippen MR) is 156 cm³/mol. The Hall–Kier alpha value is -5.07. The molecule has 2 fully saturated rings. The molecule has 1 aromatic heterocycles. The first-order valence-corrected chi connectivity index (χ1v) is 14.3. The molecule has 0 spiro atoms. The summed E-state index contributed by atoms with van der Waals surface area (Å²) in [6.45, 7) is 3.91.